The zero-order valence-corrected chi connectivity index (χ0v) is 14.1. The highest BCUT2D eigenvalue weighted by Gasteiger charge is 2.19. The van der Waals surface area contributed by atoms with Crippen LogP contribution in [0.5, 0.6) is 0 Å². The molecule has 0 aliphatic heterocycles. The number of nitrogens with zero attached hydrogens (tertiary/aromatic N) is 1. The van der Waals surface area contributed by atoms with Gasteiger partial charge in [0.25, 0.3) is 0 Å². The summed E-state index contributed by atoms with van der Waals surface area (Å²) in [6.45, 7) is 7.71. The van der Waals surface area contributed by atoms with Crippen molar-refractivity contribution in [2.75, 3.05) is 11.9 Å². The van der Waals surface area contributed by atoms with Crippen molar-refractivity contribution in [2.45, 2.75) is 39.2 Å². The number of rotatable bonds is 5. The van der Waals surface area contributed by atoms with Gasteiger partial charge in [0, 0.05) is 17.5 Å². The van der Waals surface area contributed by atoms with Gasteiger partial charge in [-0.2, -0.15) is 0 Å². The van der Waals surface area contributed by atoms with Gasteiger partial charge in [0.2, 0.25) is 11.8 Å². The average molecular weight is 337 g/mol. The van der Waals surface area contributed by atoms with E-state index in [1.54, 1.807) is 13.0 Å². The molecule has 0 aliphatic rings. The molecule has 2 N–H and O–H groups in total. The largest absolute Gasteiger partial charge is 0.338 e. The van der Waals surface area contributed by atoms with Gasteiger partial charge >= 0.3 is 0 Å². The van der Waals surface area contributed by atoms with E-state index < -0.39 is 11.6 Å². The fourth-order valence-corrected chi connectivity index (χ4v) is 2.01. The molecule has 2 aromatic rings. The second kappa shape index (κ2) is 7.09. The van der Waals surface area contributed by atoms with Crippen molar-refractivity contribution in [1.29, 1.82) is 0 Å². The second-order valence-corrected chi connectivity index (χ2v) is 6.65. The quantitative estimate of drug-likeness (QED) is 0.876. The maximum atomic E-state index is 13.2. The van der Waals surface area contributed by atoms with E-state index in [1.165, 1.54) is 6.07 Å². The fourth-order valence-electron chi connectivity index (χ4n) is 2.01. The van der Waals surface area contributed by atoms with Crippen molar-refractivity contribution in [3.63, 3.8) is 0 Å². The number of carbonyl (C=O) groups excluding carboxylic acids is 1. The van der Waals surface area contributed by atoms with E-state index >= 15 is 0 Å². The van der Waals surface area contributed by atoms with E-state index in [2.05, 4.69) is 15.8 Å². The minimum absolute atomic E-state index is 0.00822. The monoisotopic (exact) mass is 337 g/mol. The lowest BCUT2D eigenvalue weighted by Gasteiger charge is -2.14. The summed E-state index contributed by atoms with van der Waals surface area (Å²) >= 11 is 0. The van der Waals surface area contributed by atoms with Crippen molar-refractivity contribution in [3.05, 3.63) is 47.2 Å². The first-order valence-electron chi connectivity index (χ1n) is 7.62. The van der Waals surface area contributed by atoms with Crippen LogP contribution in [-0.2, 0) is 10.2 Å². The molecule has 0 spiro atoms. The van der Waals surface area contributed by atoms with E-state index in [1.807, 2.05) is 20.8 Å². The molecule has 5 nitrogen and oxygen atoms in total. The molecule has 1 atom stereocenters. The summed E-state index contributed by atoms with van der Waals surface area (Å²) in [7, 11) is 0. The van der Waals surface area contributed by atoms with E-state index in [9.17, 15) is 13.6 Å². The van der Waals surface area contributed by atoms with Crippen LogP contribution in [0.3, 0.4) is 0 Å². The predicted molar refractivity (Wildman–Crippen MR) is 86.6 cm³/mol. The van der Waals surface area contributed by atoms with E-state index in [4.69, 9.17) is 4.52 Å². The van der Waals surface area contributed by atoms with Gasteiger partial charge in [0.05, 0.1) is 12.2 Å². The first-order chi connectivity index (χ1) is 11.2. The predicted octanol–water partition coefficient (Wildman–Crippen LogP) is 3.54. The van der Waals surface area contributed by atoms with Crippen LogP contribution >= 0.6 is 0 Å². The molecule has 0 bridgehead atoms. The third-order valence-corrected chi connectivity index (χ3v) is 3.55. The number of amides is 1. The number of carbonyl (C=O) groups is 1. The van der Waals surface area contributed by atoms with Crippen LogP contribution in [-0.4, -0.2) is 17.6 Å². The zero-order chi connectivity index (χ0) is 17.9. The lowest BCUT2D eigenvalue weighted by molar-refractivity contribution is -0.115. The van der Waals surface area contributed by atoms with Gasteiger partial charge in [-0.3, -0.25) is 10.1 Å². The highest BCUT2D eigenvalue weighted by atomic mass is 19.2. The Hall–Kier alpha value is -2.28. The number of anilines is 1. The van der Waals surface area contributed by atoms with Crippen molar-refractivity contribution in [1.82, 2.24) is 10.5 Å². The molecule has 1 aromatic carbocycles. The molecule has 0 fully saturated rings. The topological polar surface area (TPSA) is 67.2 Å². The van der Waals surface area contributed by atoms with Crippen molar-refractivity contribution >= 4 is 11.8 Å². The summed E-state index contributed by atoms with van der Waals surface area (Å²) in [6, 6.07) is 5.00. The lowest BCUT2D eigenvalue weighted by Crippen LogP contribution is -2.30. The van der Waals surface area contributed by atoms with Gasteiger partial charge in [0.15, 0.2) is 11.6 Å². The Morgan fingerprint density at radius 3 is 2.54 bits per heavy atom. The molecule has 1 amide bonds. The summed E-state index contributed by atoms with van der Waals surface area (Å²) < 4.78 is 31.2. The van der Waals surface area contributed by atoms with Crippen LogP contribution in [0.15, 0.2) is 28.8 Å². The summed E-state index contributed by atoms with van der Waals surface area (Å²) in [4.78, 5) is 11.9. The Bertz CT molecular complexity index is 723. The Morgan fingerprint density at radius 2 is 1.96 bits per heavy atom. The molecular formula is C17H21F2N3O2. The Morgan fingerprint density at radius 1 is 1.25 bits per heavy atom. The molecule has 0 aliphatic carbocycles. The molecule has 1 heterocycles. The molecule has 0 radical (unpaired) electrons. The smallest absolute Gasteiger partial charge is 0.240 e. The van der Waals surface area contributed by atoms with Gasteiger partial charge in [-0.1, -0.05) is 32.0 Å². The molecule has 1 aromatic heterocycles. The molecule has 24 heavy (non-hydrogen) atoms. The molecule has 2 rings (SSSR count). The minimum Gasteiger partial charge on any atom is -0.338 e. The first-order valence-corrected chi connectivity index (χ1v) is 7.62. The minimum atomic E-state index is -0.915. The molecule has 0 unspecified atom stereocenters. The van der Waals surface area contributed by atoms with Crippen LogP contribution in [0.25, 0.3) is 0 Å². The van der Waals surface area contributed by atoms with E-state index in [-0.39, 0.29) is 29.8 Å². The standard InChI is InChI=1S/C17H21F2N3O2/c1-10(11-5-6-12(18)13(19)7-11)20-9-15(23)21-16-8-14(22-24-16)17(2,3)4/h5-8,10,20H,9H2,1-4H3,(H,21,23)/t10-/m1/s1. The number of benzene rings is 1. The highest BCUT2D eigenvalue weighted by molar-refractivity contribution is 5.91. The normalized spacial score (nSPS) is 12.9. The molecule has 130 valence electrons. The van der Waals surface area contributed by atoms with Gasteiger partial charge in [0.1, 0.15) is 0 Å². The number of aromatic nitrogens is 1. The van der Waals surface area contributed by atoms with Crippen LogP contribution in [0.1, 0.15) is 45.0 Å². The van der Waals surface area contributed by atoms with Crippen LogP contribution in [0.2, 0.25) is 0 Å². The highest BCUT2D eigenvalue weighted by Crippen LogP contribution is 2.23. The molecule has 0 saturated carbocycles. The first kappa shape index (κ1) is 18.1. The SMILES string of the molecule is C[C@@H](NCC(=O)Nc1cc(C(C)(C)C)no1)c1ccc(F)c(F)c1. The maximum absolute atomic E-state index is 13.2. The maximum Gasteiger partial charge on any atom is 0.240 e. The molecule has 7 heteroatoms. The van der Waals surface area contributed by atoms with Gasteiger partial charge in [-0.15, -0.1) is 0 Å². The Labute approximate surface area is 139 Å². The number of halogens is 2. The third kappa shape index (κ3) is 4.61. The molecule has 0 saturated heterocycles. The van der Waals surface area contributed by atoms with Crippen LogP contribution in [0.4, 0.5) is 14.7 Å². The number of hydrogen-bond donors (Lipinski definition) is 2. The summed E-state index contributed by atoms with van der Waals surface area (Å²) in [6.07, 6.45) is 0. The number of hydrogen-bond acceptors (Lipinski definition) is 4. The summed E-state index contributed by atoms with van der Waals surface area (Å²) in [5.41, 5.74) is 1.11. The van der Waals surface area contributed by atoms with E-state index in [0.717, 1.165) is 17.8 Å². The van der Waals surface area contributed by atoms with Crippen LogP contribution < -0.4 is 10.6 Å². The lowest BCUT2D eigenvalue weighted by atomic mass is 9.92. The Balaban J connectivity index is 1.88. The van der Waals surface area contributed by atoms with Crippen molar-refractivity contribution in [3.8, 4) is 0 Å². The molecular weight excluding hydrogens is 316 g/mol. The van der Waals surface area contributed by atoms with Crippen molar-refractivity contribution in [2.24, 2.45) is 0 Å². The van der Waals surface area contributed by atoms with Crippen LogP contribution in [0, 0.1) is 11.6 Å². The number of nitrogens with one attached hydrogen (secondary N) is 2. The van der Waals surface area contributed by atoms with E-state index in [0.29, 0.717) is 5.56 Å². The average Bonchev–Trinajstić information content (AvgIpc) is 2.96. The Kier molecular flexibility index (Phi) is 5.33. The third-order valence-electron chi connectivity index (χ3n) is 3.55. The summed E-state index contributed by atoms with van der Waals surface area (Å²) in [5, 5.41) is 9.45. The fraction of sp³-hybridized carbons (Fsp3) is 0.412. The second-order valence-electron chi connectivity index (χ2n) is 6.65. The van der Waals surface area contributed by atoms with Crippen molar-refractivity contribution < 1.29 is 18.1 Å². The summed E-state index contributed by atoms with van der Waals surface area (Å²) in [5.74, 6) is -1.86. The zero-order valence-electron chi connectivity index (χ0n) is 14.1. The van der Waals surface area contributed by atoms with Gasteiger partial charge in [-0.05, 0) is 24.6 Å². The van der Waals surface area contributed by atoms with Gasteiger partial charge < -0.3 is 9.84 Å². The van der Waals surface area contributed by atoms with Gasteiger partial charge in [-0.25, -0.2) is 8.78 Å².